The Bertz CT molecular complexity index is 242. The molecule has 0 saturated carbocycles. The SMILES string of the molecule is O=[C-]C1CCN(C(=O)CCl)CC1.[CH2-]CCC([CH2-])C.[Li+]. The monoisotopic (exact) mass is 279 g/mol. The second-order valence-electron chi connectivity index (χ2n) is 4.65. The number of piperidine rings is 1. The molecule has 0 radical (unpaired) electrons. The van der Waals surface area contributed by atoms with Crippen molar-refractivity contribution in [2.24, 2.45) is 11.8 Å². The summed E-state index contributed by atoms with van der Waals surface area (Å²) >= 11 is 5.39. The Kier molecular flexibility index (Phi) is 14.6. The molecule has 1 heterocycles. The van der Waals surface area contributed by atoms with Gasteiger partial charge in [0, 0.05) is 13.1 Å². The molecule has 0 spiro atoms. The maximum absolute atomic E-state index is 11.1. The van der Waals surface area contributed by atoms with Crippen LogP contribution in [0.15, 0.2) is 0 Å². The minimum absolute atomic E-state index is 0. The molecule has 0 aromatic rings. The van der Waals surface area contributed by atoms with Crippen molar-refractivity contribution in [3.63, 3.8) is 0 Å². The van der Waals surface area contributed by atoms with Gasteiger partial charge in [-0.05, 0) is 0 Å². The van der Waals surface area contributed by atoms with E-state index in [0.29, 0.717) is 19.0 Å². The maximum Gasteiger partial charge on any atom is 1.00 e. The summed E-state index contributed by atoms with van der Waals surface area (Å²) in [6.45, 7) is 10.9. The summed E-state index contributed by atoms with van der Waals surface area (Å²) < 4.78 is 0. The van der Waals surface area contributed by atoms with Crippen molar-refractivity contribution >= 4 is 23.8 Å². The van der Waals surface area contributed by atoms with Crippen LogP contribution in [0.3, 0.4) is 0 Å². The van der Waals surface area contributed by atoms with Crippen molar-refractivity contribution < 1.29 is 28.4 Å². The Morgan fingerprint density at radius 3 is 2.26 bits per heavy atom. The van der Waals surface area contributed by atoms with Gasteiger partial charge >= 0.3 is 18.9 Å². The van der Waals surface area contributed by atoms with Crippen molar-refractivity contribution in [1.29, 1.82) is 0 Å². The van der Waals surface area contributed by atoms with E-state index in [1.54, 1.807) is 4.90 Å². The number of halogens is 1. The Balaban J connectivity index is 0. The number of amides is 1. The first-order valence-electron chi connectivity index (χ1n) is 6.38. The predicted octanol–water partition coefficient (Wildman–Crippen LogP) is -0.352. The fourth-order valence-electron chi connectivity index (χ4n) is 1.68. The Morgan fingerprint density at radius 2 is 2.00 bits per heavy atom. The van der Waals surface area contributed by atoms with Crippen LogP contribution < -0.4 is 18.9 Å². The van der Waals surface area contributed by atoms with Crippen LogP contribution in [-0.4, -0.2) is 36.1 Å². The van der Waals surface area contributed by atoms with Crippen LogP contribution in [0.2, 0.25) is 0 Å². The maximum atomic E-state index is 11.1. The smallest absolute Gasteiger partial charge is 0.542 e. The van der Waals surface area contributed by atoms with Gasteiger partial charge in [-0.25, -0.2) is 0 Å². The third-order valence-electron chi connectivity index (χ3n) is 2.83. The molecule has 106 valence electrons. The Hall–Kier alpha value is 0.0274. The molecule has 0 aromatic carbocycles. The third kappa shape index (κ3) is 10.5. The van der Waals surface area contributed by atoms with E-state index in [4.69, 9.17) is 11.6 Å². The van der Waals surface area contributed by atoms with Gasteiger partial charge < -0.3 is 23.5 Å². The van der Waals surface area contributed by atoms with Gasteiger partial charge in [0.2, 0.25) is 5.91 Å². The van der Waals surface area contributed by atoms with Crippen LogP contribution >= 0.6 is 11.6 Å². The number of hydrogen-bond acceptors (Lipinski definition) is 2. The van der Waals surface area contributed by atoms with E-state index in [1.165, 1.54) is 0 Å². The van der Waals surface area contributed by atoms with Crippen molar-refractivity contribution in [2.45, 2.75) is 32.6 Å². The molecule has 19 heavy (non-hydrogen) atoms. The number of carbonyl (C=O) groups excluding carboxylic acids is 2. The number of likely N-dealkylation sites (tertiary alicyclic amines) is 1. The van der Waals surface area contributed by atoms with E-state index in [-0.39, 0.29) is 36.6 Å². The van der Waals surface area contributed by atoms with E-state index in [0.717, 1.165) is 25.7 Å². The summed E-state index contributed by atoms with van der Waals surface area (Å²) in [6.07, 6.45) is 5.59. The van der Waals surface area contributed by atoms with Gasteiger partial charge in [-0.1, -0.05) is 19.8 Å². The van der Waals surface area contributed by atoms with Gasteiger partial charge in [-0.2, -0.15) is 12.3 Å². The largest absolute Gasteiger partial charge is 1.00 e. The molecular weight excluding hydrogens is 257 g/mol. The van der Waals surface area contributed by atoms with Gasteiger partial charge in [0.1, 0.15) is 5.88 Å². The van der Waals surface area contributed by atoms with Gasteiger partial charge in [-0.15, -0.1) is 23.9 Å². The van der Waals surface area contributed by atoms with Gasteiger partial charge in [0.15, 0.2) is 0 Å². The first kappa shape index (κ1) is 21.3. The van der Waals surface area contributed by atoms with Crippen LogP contribution in [0.4, 0.5) is 0 Å². The van der Waals surface area contributed by atoms with Crippen molar-refractivity contribution in [3.8, 4) is 0 Å². The van der Waals surface area contributed by atoms with Crippen molar-refractivity contribution in [1.82, 2.24) is 4.90 Å². The molecule has 1 amide bonds. The standard InChI is InChI=1S/C8H11ClNO2.C6H12.Li/c9-5-8(12)10-3-1-7(6-11)2-4-10;1-4-5-6(2)3;/h7H,1-5H2;6H,1-2,4-5H2,3H3;/q-1;-2;+1. The molecule has 1 atom stereocenters. The van der Waals surface area contributed by atoms with Gasteiger partial charge in [0.25, 0.3) is 0 Å². The van der Waals surface area contributed by atoms with Crippen molar-refractivity contribution in [2.75, 3.05) is 19.0 Å². The average Bonchev–Trinajstić information content (AvgIpc) is 2.38. The predicted molar refractivity (Wildman–Crippen MR) is 74.8 cm³/mol. The molecule has 1 unspecified atom stereocenters. The van der Waals surface area contributed by atoms with E-state index in [2.05, 4.69) is 20.8 Å². The van der Waals surface area contributed by atoms with Crippen molar-refractivity contribution in [3.05, 3.63) is 13.8 Å². The number of rotatable bonds is 4. The van der Waals surface area contributed by atoms with Crippen LogP contribution in [-0.2, 0) is 9.59 Å². The zero-order chi connectivity index (χ0) is 14.0. The molecule has 1 saturated heterocycles. The molecule has 1 fully saturated rings. The molecule has 0 aromatic heterocycles. The van der Waals surface area contributed by atoms with Crippen LogP contribution in [0, 0.1) is 25.7 Å². The molecule has 0 bridgehead atoms. The van der Waals surface area contributed by atoms with E-state index >= 15 is 0 Å². The molecule has 1 rings (SSSR count). The Labute approximate surface area is 134 Å². The summed E-state index contributed by atoms with van der Waals surface area (Å²) in [4.78, 5) is 23.0. The van der Waals surface area contributed by atoms with E-state index in [9.17, 15) is 9.59 Å². The van der Waals surface area contributed by atoms with Crippen LogP contribution in [0.5, 0.6) is 0 Å². The zero-order valence-electron chi connectivity index (χ0n) is 12.2. The average molecular weight is 280 g/mol. The fraction of sp³-hybridized carbons (Fsp3) is 0.714. The molecule has 0 aliphatic carbocycles. The van der Waals surface area contributed by atoms with Gasteiger partial charge in [-0.3, -0.25) is 11.1 Å². The minimum atomic E-state index is -0.0407. The van der Waals surface area contributed by atoms with E-state index in [1.807, 2.05) is 6.29 Å². The number of hydrogen-bond donors (Lipinski definition) is 0. The summed E-state index contributed by atoms with van der Waals surface area (Å²) in [5.74, 6) is 0.600. The summed E-state index contributed by atoms with van der Waals surface area (Å²) in [7, 11) is 0. The number of alkyl halides is 1. The summed E-state index contributed by atoms with van der Waals surface area (Å²) in [5.41, 5.74) is 0. The second kappa shape index (κ2) is 13.0. The molecular formula is C14H23ClLiNO2-2. The van der Waals surface area contributed by atoms with Crippen LogP contribution in [0.1, 0.15) is 32.6 Å². The number of carbonyl (C=O) groups is 1. The zero-order valence-corrected chi connectivity index (χ0v) is 12.9. The summed E-state index contributed by atoms with van der Waals surface area (Å²) in [5, 5.41) is 0. The first-order valence-corrected chi connectivity index (χ1v) is 6.92. The summed E-state index contributed by atoms with van der Waals surface area (Å²) in [6, 6.07) is 0. The Morgan fingerprint density at radius 1 is 1.47 bits per heavy atom. The van der Waals surface area contributed by atoms with Gasteiger partial charge in [0.05, 0.1) is 0 Å². The number of nitrogens with zero attached hydrogens (tertiary/aromatic N) is 1. The third-order valence-corrected chi connectivity index (χ3v) is 3.05. The normalized spacial score (nSPS) is 16.7. The molecule has 3 nitrogen and oxygen atoms in total. The van der Waals surface area contributed by atoms with Crippen LogP contribution in [0.25, 0.3) is 0 Å². The topological polar surface area (TPSA) is 37.4 Å². The van der Waals surface area contributed by atoms with E-state index < -0.39 is 0 Å². The molecule has 0 N–H and O–H groups in total. The second-order valence-corrected chi connectivity index (χ2v) is 4.92. The fourth-order valence-corrected chi connectivity index (χ4v) is 1.85. The molecule has 1 aliphatic rings. The molecule has 5 heteroatoms. The quantitative estimate of drug-likeness (QED) is 0.401. The minimum Gasteiger partial charge on any atom is -0.542 e. The first-order chi connectivity index (χ1) is 8.54. The molecule has 1 aliphatic heterocycles.